The molecule has 1 fully saturated rings. The normalized spacial score (nSPS) is 14.1. The van der Waals surface area contributed by atoms with Crippen molar-refractivity contribution in [1.29, 1.82) is 0 Å². The Balaban J connectivity index is 1.47. The van der Waals surface area contributed by atoms with E-state index in [4.69, 9.17) is 4.74 Å². The number of ether oxygens (including phenoxy) is 1. The van der Waals surface area contributed by atoms with Crippen molar-refractivity contribution in [3.05, 3.63) is 54.1 Å². The van der Waals surface area contributed by atoms with Gasteiger partial charge in [-0.1, -0.05) is 0 Å². The molecule has 3 amide bonds. The van der Waals surface area contributed by atoms with Crippen molar-refractivity contribution in [1.82, 2.24) is 9.80 Å². The molecule has 0 saturated carbocycles. The SMILES string of the molecule is CCOc1ccc(NC(=O)c2ccc(NC(=O)CN3CCN(C(C)=O)CC3)cc2)cc1. The number of carbonyl (C=O) groups excluding carboxylic acids is 3. The number of nitrogens with one attached hydrogen (secondary N) is 2. The number of anilines is 2. The van der Waals surface area contributed by atoms with Crippen LogP contribution < -0.4 is 15.4 Å². The van der Waals surface area contributed by atoms with E-state index in [1.54, 1.807) is 60.4 Å². The molecule has 0 bridgehead atoms. The molecule has 2 N–H and O–H groups in total. The second-order valence-corrected chi connectivity index (χ2v) is 7.32. The highest BCUT2D eigenvalue weighted by atomic mass is 16.5. The van der Waals surface area contributed by atoms with Crippen LogP contribution in [0.3, 0.4) is 0 Å². The third-order valence-corrected chi connectivity index (χ3v) is 5.04. The maximum absolute atomic E-state index is 12.4. The van der Waals surface area contributed by atoms with Crippen LogP contribution in [0.15, 0.2) is 48.5 Å². The van der Waals surface area contributed by atoms with Gasteiger partial charge in [-0.15, -0.1) is 0 Å². The fourth-order valence-electron chi connectivity index (χ4n) is 3.33. The smallest absolute Gasteiger partial charge is 0.255 e. The summed E-state index contributed by atoms with van der Waals surface area (Å²) in [7, 11) is 0. The van der Waals surface area contributed by atoms with E-state index in [0.717, 1.165) is 5.75 Å². The lowest BCUT2D eigenvalue weighted by atomic mass is 10.2. The van der Waals surface area contributed by atoms with Crippen molar-refractivity contribution in [3.8, 4) is 5.75 Å². The van der Waals surface area contributed by atoms with Crippen molar-refractivity contribution in [2.45, 2.75) is 13.8 Å². The summed E-state index contributed by atoms with van der Waals surface area (Å²) < 4.78 is 5.39. The van der Waals surface area contributed by atoms with Crippen LogP contribution in [0, 0.1) is 0 Å². The van der Waals surface area contributed by atoms with Gasteiger partial charge in [-0.3, -0.25) is 19.3 Å². The number of hydrogen-bond donors (Lipinski definition) is 2. The average molecular weight is 425 g/mol. The number of piperazine rings is 1. The van der Waals surface area contributed by atoms with E-state index in [9.17, 15) is 14.4 Å². The Morgan fingerprint density at radius 1 is 0.871 bits per heavy atom. The number of benzene rings is 2. The molecule has 2 aromatic rings. The number of rotatable bonds is 7. The Bertz CT molecular complexity index is 904. The van der Waals surface area contributed by atoms with Crippen molar-refractivity contribution in [2.24, 2.45) is 0 Å². The van der Waals surface area contributed by atoms with Gasteiger partial charge in [0.25, 0.3) is 5.91 Å². The first-order valence-electron chi connectivity index (χ1n) is 10.4. The Kier molecular flexibility index (Phi) is 7.61. The van der Waals surface area contributed by atoms with Gasteiger partial charge in [-0.25, -0.2) is 0 Å². The molecule has 3 rings (SSSR count). The zero-order valence-corrected chi connectivity index (χ0v) is 17.9. The Morgan fingerprint density at radius 3 is 2.03 bits per heavy atom. The fraction of sp³-hybridized carbons (Fsp3) is 0.348. The summed E-state index contributed by atoms with van der Waals surface area (Å²) >= 11 is 0. The molecule has 164 valence electrons. The van der Waals surface area contributed by atoms with E-state index in [1.165, 1.54) is 0 Å². The zero-order valence-electron chi connectivity index (χ0n) is 17.9. The summed E-state index contributed by atoms with van der Waals surface area (Å²) in [6.07, 6.45) is 0. The molecule has 0 radical (unpaired) electrons. The first kappa shape index (κ1) is 22.3. The van der Waals surface area contributed by atoms with Gasteiger partial charge in [-0.05, 0) is 55.5 Å². The summed E-state index contributed by atoms with van der Waals surface area (Å²) in [6.45, 7) is 6.97. The van der Waals surface area contributed by atoms with Crippen LogP contribution >= 0.6 is 0 Å². The highest BCUT2D eigenvalue weighted by Gasteiger charge is 2.20. The van der Waals surface area contributed by atoms with Gasteiger partial charge in [0.2, 0.25) is 11.8 Å². The summed E-state index contributed by atoms with van der Waals surface area (Å²) in [5, 5.41) is 5.69. The summed E-state index contributed by atoms with van der Waals surface area (Å²) in [6, 6.07) is 13.9. The molecule has 1 heterocycles. The van der Waals surface area contributed by atoms with Crippen LogP contribution in [0.1, 0.15) is 24.2 Å². The summed E-state index contributed by atoms with van der Waals surface area (Å²) in [4.78, 5) is 39.9. The quantitative estimate of drug-likeness (QED) is 0.713. The van der Waals surface area contributed by atoms with E-state index < -0.39 is 0 Å². The van der Waals surface area contributed by atoms with Crippen LogP contribution in [0.25, 0.3) is 0 Å². The monoisotopic (exact) mass is 424 g/mol. The van der Waals surface area contributed by atoms with Crippen LogP contribution in [0.5, 0.6) is 5.75 Å². The van der Waals surface area contributed by atoms with Gasteiger partial charge < -0.3 is 20.3 Å². The van der Waals surface area contributed by atoms with Crippen LogP contribution in [-0.2, 0) is 9.59 Å². The average Bonchev–Trinajstić information content (AvgIpc) is 2.76. The molecule has 8 nitrogen and oxygen atoms in total. The largest absolute Gasteiger partial charge is 0.494 e. The fourth-order valence-corrected chi connectivity index (χ4v) is 3.33. The van der Waals surface area contributed by atoms with E-state index in [1.807, 2.05) is 11.8 Å². The molecule has 2 aromatic carbocycles. The molecule has 1 aliphatic rings. The van der Waals surface area contributed by atoms with Crippen LogP contribution in [-0.4, -0.2) is 66.9 Å². The topological polar surface area (TPSA) is 91.0 Å². The molecular weight excluding hydrogens is 396 g/mol. The minimum atomic E-state index is -0.231. The lowest BCUT2D eigenvalue weighted by Gasteiger charge is -2.33. The summed E-state index contributed by atoms with van der Waals surface area (Å²) in [5.74, 6) is 0.463. The number of amides is 3. The maximum atomic E-state index is 12.4. The van der Waals surface area contributed by atoms with Crippen molar-refractivity contribution in [2.75, 3.05) is 50.0 Å². The van der Waals surface area contributed by atoms with Crippen LogP contribution in [0.2, 0.25) is 0 Å². The minimum absolute atomic E-state index is 0.0655. The van der Waals surface area contributed by atoms with Gasteiger partial charge in [0, 0.05) is 50.0 Å². The number of nitrogens with zero attached hydrogens (tertiary/aromatic N) is 2. The maximum Gasteiger partial charge on any atom is 0.255 e. The second kappa shape index (κ2) is 10.6. The molecule has 1 aliphatic heterocycles. The second-order valence-electron chi connectivity index (χ2n) is 7.32. The lowest BCUT2D eigenvalue weighted by molar-refractivity contribution is -0.130. The molecule has 8 heteroatoms. The van der Waals surface area contributed by atoms with Gasteiger partial charge >= 0.3 is 0 Å². The zero-order chi connectivity index (χ0) is 22.2. The first-order valence-corrected chi connectivity index (χ1v) is 10.4. The van der Waals surface area contributed by atoms with E-state index >= 15 is 0 Å². The van der Waals surface area contributed by atoms with Gasteiger partial charge in [-0.2, -0.15) is 0 Å². The van der Waals surface area contributed by atoms with Crippen molar-refractivity contribution < 1.29 is 19.1 Å². The predicted molar refractivity (Wildman–Crippen MR) is 119 cm³/mol. The van der Waals surface area contributed by atoms with Gasteiger partial charge in [0.15, 0.2) is 0 Å². The molecule has 0 unspecified atom stereocenters. The van der Waals surface area contributed by atoms with E-state index in [2.05, 4.69) is 10.6 Å². The minimum Gasteiger partial charge on any atom is -0.494 e. The van der Waals surface area contributed by atoms with Gasteiger partial charge in [0.05, 0.1) is 13.2 Å². The van der Waals surface area contributed by atoms with Gasteiger partial charge in [0.1, 0.15) is 5.75 Å². The summed E-state index contributed by atoms with van der Waals surface area (Å²) in [5.41, 5.74) is 1.80. The third-order valence-electron chi connectivity index (χ3n) is 5.04. The highest BCUT2D eigenvalue weighted by molar-refractivity contribution is 6.04. The molecule has 0 spiro atoms. The Morgan fingerprint density at radius 2 is 1.45 bits per heavy atom. The third kappa shape index (κ3) is 6.55. The molecule has 0 aromatic heterocycles. The predicted octanol–water partition coefficient (Wildman–Crippen LogP) is 2.44. The molecule has 0 atom stereocenters. The first-order chi connectivity index (χ1) is 14.9. The van der Waals surface area contributed by atoms with E-state index in [0.29, 0.717) is 49.7 Å². The Labute approximate surface area is 182 Å². The molecule has 0 aliphatic carbocycles. The Hall–Kier alpha value is -3.39. The molecule has 1 saturated heterocycles. The lowest BCUT2D eigenvalue weighted by Crippen LogP contribution is -2.49. The van der Waals surface area contributed by atoms with Crippen LogP contribution in [0.4, 0.5) is 11.4 Å². The van der Waals surface area contributed by atoms with E-state index in [-0.39, 0.29) is 24.3 Å². The molecule has 31 heavy (non-hydrogen) atoms. The standard InChI is InChI=1S/C23H28N4O4/c1-3-31-21-10-8-20(9-11-21)25-23(30)18-4-6-19(7-5-18)24-22(29)16-26-12-14-27(15-13-26)17(2)28/h4-11H,3,12-16H2,1-2H3,(H,24,29)(H,25,30). The number of hydrogen-bond acceptors (Lipinski definition) is 5. The number of carbonyl (C=O) groups is 3. The highest BCUT2D eigenvalue weighted by Crippen LogP contribution is 2.17. The van der Waals surface area contributed by atoms with Crippen molar-refractivity contribution in [3.63, 3.8) is 0 Å². The molecular formula is C23H28N4O4. The van der Waals surface area contributed by atoms with Crippen molar-refractivity contribution >= 4 is 29.1 Å².